The third-order valence-electron chi connectivity index (χ3n) is 6.24. The molecule has 0 aliphatic carbocycles. The normalized spacial score (nSPS) is 22.2. The summed E-state index contributed by atoms with van der Waals surface area (Å²) >= 11 is 1.78. The van der Waals surface area contributed by atoms with Gasteiger partial charge >= 0.3 is 0 Å². The molecule has 1 amide bonds. The molecule has 5 rings (SSSR count). The summed E-state index contributed by atoms with van der Waals surface area (Å²) in [5, 5.41) is 0. The van der Waals surface area contributed by atoms with Crippen LogP contribution in [0.1, 0.15) is 36.1 Å². The van der Waals surface area contributed by atoms with Gasteiger partial charge in [-0.25, -0.2) is 0 Å². The molecular weight excluding hydrogens is 374 g/mol. The van der Waals surface area contributed by atoms with Crippen LogP contribution in [0.2, 0.25) is 0 Å². The van der Waals surface area contributed by atoms with Crippen LogP contribution in [-0.4, -0.2) is 53.7 Å². The Labute approximate surface area is 168 Å². The van der Waals surface area contributed by atoms with E-state index in [0.29, 0.717) is 19.1 Å². The van der Waals surface area contributed by atoms with E-state index in [1.165, 1.54) is 10.4 Å². The molecular formula is C21H25N3O3S. The lowest BCUT2D eigenvalue weighted by atomic mass is 9.84. The summed E-state index contributed by atoms with van der Waals surface area (Å²) in [4.78, 5) is 26.1. The fourth-order valence-corrected chi connectivity index (χ4v) is 6.01. The Kier molecular flexibility index (Phi) is 4.90. The van der Waals surface area contributed by atoms with Crippen molar-refractivity contribution < 1.29 is 14.3 Å². The van der Waals surface area contributed by atoms with Gasteiger partial charge in [0.2, 0.25) is 5.91 Å². The standard InChI is InChI=1S/C21H25N3O3S/c25-20(15-1-10-26-11-2-15)24-8-4-21(5-9-24)19-16(3-12-27-21)13-18(28-19)17-14-22-6-7-23-17/h6-7,13-15H,1-5,8-12H2. The summed E-state index contributed by atoms with van der Waals surface area (Å²) in [7, 11) is 0. The number of amides is 1. The van der Waals surface area contributed by atoms with Crippen LogP contribution in [0, 0.1) is 5.92 Å². The third kappa shape index (κ3) is 3.25. The maximum absolute atomic E-state index is 12.9. The van der Waals surface area contributed by atoms with Crippen LogP contribution in [0.15, 0.2) is 24.7 Å². The number of thiophene rings is 1. The summed E-state index contributed by atoms with van der Waals surface area (Å²) in [5.41, 5.74) is 2.05. The number of likely N-dealkylation sites (tertiary alicyclic amines) is 1. The maximum Gasteiger partial charge on any atom is 0.225 e. The third-order valence-corrected chi connectivity index (χ3v) is 7.63. The Morgan fingerprint density at radius 1 is 1.18 bits per heavy atom. The minimum absolute atomic E-state index is 0.135. The molecule has 3 aliphatic heterocycles. The van der Waals surface area contributed by atoms with E-state index < -0.39 is 0 Å². The second-order valence-electron chi connectivity index (χ2n) is 7.86. The molecule has 2 saturated heterocycles. The highest BCUT2D eigenvalue weighted by atomic mass is 32.1. The van der Waals surface area contributed by atoms with Gasteiger partial charge in [0.05, 0.1) is 23.4 Å². The first-order valence-corrected chi connectivity index (χ1v) is 11.0. The zero-order valence-electron chi connectivity index (χ0n) is 15.9. The zero-order chi connectivity index (χ0) is 19.0. The predicted octanol–water partition coefficient (Wildman–Crippen LogP) is 3.02. The van der Waals surface area contributed by atoms with Gasteiger partial charge in [0, 0.05) is 49.5 Å². The molecule has 6 nitrogen and oxygen atoms in total. The molecule has 7 heteroatoms. The Morgan fingerprint density at radius 2 is 2.00 bits per heavy atom. The molecule has 0 N–H and O–H groups in total. The van der Waals surface area contributed by atoms with Crippen LogP contribution in [0.3, 0.4) is 0 Å². The Morgan fingerprint density at radius 3 is 2.75 bits per heavy atom. The van der Waals surface area contributed by atoms with Crippen molar-refractivity contribution in [1.29, 1.82) is 0 Å². The minimum atomic E-state index is -0.245. The molecule has 0 saturated carbocycles. The maximum atomic E-state index is 12.9. The lowest BCUT2D eigenvalue weighted by molar-refractivity contribution is -0.147. The van der Waals surface area contributed by atoms with Gasteiger partial charge in [0.15, 0.2) is 0 Å². The molecule has 28 heavy (non-hydrogen) atoms. The molecule has 0 bridgehead atoms. The smallest absolute Gasteiger partial charge is 0.225 e. The molecule has 5 heterocycles. The second kappa shape index (κ2) is 7.54. The molecule has 0 radical (unpaired) electrons. The first kappa shape index (κ1) is 18.2. The highest BCUT2D eigenvalue weighted by Gasteiger charge is 2.44. The van der Waals surface area contributed by atoms with Crippen molar-refractivity contribution in [2.45, 2.75) is 37.7 Å². The van der Waals surface area contributed by atoms with Gasteiger partial charge in [-0.1, -0.05) is 0 Å². The number of hydrogen-bond donors (Lipinski definition) is 0. The van der Waals surface area contributed by atoms with Crippen LogP contribution in [-0.2, 0) is 26.3 Å². The Bertz CT molecular complexity index is 840. The van der Waals surface area contributed by atoms with E-state index in [4.69, 9.17) is 9.47 Å². The van der Waals surface area contributed by atoms with Gasteiger partial charge in [-0.2, -0.15) is 0 Å². The minimum Gasteiger partial charge on any atom is -0.381 e. The highest BCUT2D eigenvalue weighted by molar-refractivity contribution is 7.15. The molecule has 0 aromatic carbocycles. The van der Waals surface area contributed by atoms with Crippen molar-refractivity contribution in [3.8, 4) is 10.6 Å². The van der Waals surface area contributed by atoms with Crippen molar-refractivity contribution in [3.63, 3.8) is 0 Å². The van der Waals surface area contributed by atoms with Gasteiger partial charge in [-0.05, 0) is 43.7 Å². The van der Waals surface area contributed by atoms with Crippen LogP contribution in [0.25, 0.3) is 10.6 Å². The van der Waals surface area contributed by atoms with Crippen molar-refractivity contribution in [1.82, 2.24) is 14.9 Å². The van der Waals surface area contributed by atoms with Crippen molar-refractivity contribution in [2.75, 3.05) is 32.9 Å². The second-order valence-corrected chi connectivity index (χ2v) is 8.91. The number of carbonyl (C=O) groups excluding carboxylic acids is 1. The number of aromatic nitrogens is 2. The number of hydrogen-bond acceptors (Lipinski definition) is 6. The van der Waals surface area contributed by atoms with Gasteiger partial charge in [0.25, 0.3) is 0 Å². The average Bonchev–Trinajstić information content (AvgIpc) is 3.21. The van der Waals surface area contributed by atoms with E-state index in [1.807, 2.05) is 6.20 Å². The monoisotopic (exact) mass is 399 g/mol. The lowest BCUT2D eigenvalue weighted by Gasteiger charge is -2.44. The van der Waals surface area contributed by atoms with Gasteiger partial charge in [0.1, 0.15) is 5.60 Å². The van der Waals surface area contributed by atoms with Gasteiger partial charge < -0.3 is 14.4 Å². The lowest BCUT2D eigenvalue weighted by Crippen LogP contribution is -2.49. The van der Waals surface area contributed by atoms with E-state index in [1.54, 1.807) is 23.7 Å². The molecule has 0 unspecified atom stereocenters. The van der Waals surface area contributed by atoms with E-state index in [2.05, 4.69) is 20.9 Å². The fraction of sp³-hybridized carbons (Fsp3) is 0.571. The fourth-order valence-electron chi connectivity index (χ4n) is 4.64. The molecule has 1 spiro atoms. The summed E-state index contributed by atoms with van der Waals surface area (Å²) < 4.78 is 11.8. The zero-order valence-corrected chi connectivity index (χ0v) is 16.7. The predicted molar refractivity (Wildman–Crippen MR) is 106 cm³/mol. The Hall–Kier alpha value is -1.83. The van der Waals surface area contributed by atoms with E-state index in [9.17, 15) is 4.79 Å². The molecule has 148 valence electrons. The van der Waals surface area contributed by atoms with Gasteiger partial charge in [-0.3, -0.25) is 14.8 Å². The highest BCUT2D eigenvalue weighted by Crippen LogP contribution is 2.47. The summed E-state index contributed by atoms with van der Waals surface area (Å²) in [6.45, 7) is 3.71. The summed E-state index contributed by atoms with van der Waals surface area (Å²) in [6, 6.07) is 2.26. The molecule has 2 aromatic heterocycles. The topological polar surface area (TPSA) is 64.5 Å². The number of nitrogens with zero attached hydrogens (tertiary/aromatic N) is 3. The van der Waals surface area contributed by atoms with E-state index >= 15 is 0 Å². The quantitative estimate of drug-likeness (QED) is 0.777. The number of ether oxygens (including phenoxy) is 2. The number of rotatable bonds is 2. The molecule has 0 atom stereocenters. The van der Waals surface area contributed by atoms with Gasteiger partial charge in [-0.15, -0.1) is 11.3 Å². The first-order valence-electron chi connectivity index (χ1n) is 10.2. The SMILES string of the molecule is O=C(C1CCOCC1)N1CCC2(CC1)OCCc1cc(-c3cnccn3)sc12. The molecule has 3 aliphatic rings. The number of fused-ring (bicyclic) bond motifs is 2. The van der Waals surface area contributed by atoms with Crippen molar-refractivity contribution >= 4 is 17.2 Å². The summed E-state index contributed by atoms with van der Waals surface area (Å²) in [6.07, 6.45) is 9.65. The van der Waals surface area contributed by atoms with E-state index in [-0.39, 0.29) is 11.5 Å². The average molecular weight is 400 g/mol. The summed E-state index contributed by atoms with van der Waals surface area (Å²) in [5.74, 6) is 0.441. The number of carbonyl (C=O) groups is 1. The first-order chi connectivity index (χ1) is 13.8. The number of piperidine rings is 1. The van der Waals surface area contributed by atoms with Crippen LogP contribution >= 0.6 is 11.3 Å². The van der Waals surface area contributed by atoms with Crippen LogP contribution in [0.5, 0.6) is 0 Å². The molecule has 2 aromatic rings. The van der Waals surface area contributed by atoms with Crippen LogP contribution in [0.4, 0.5) is 0 Å². The largest absolute Gasteiger partial charge is 0.381 e. The van der Waals surface area contributed by atoms with Crippen molar-refractivity contribution in [3.05, 3.63) is 35.1 Å². The Balaban J connectivity index is 1.34. The van der Waals surface area contributed by atoms with Crippen LogP contribution < -0.4 is 0 Å². The van der Waals surface area contributed by atoms with E-state index in [0.717, 1.165) is 62.4 Å². The van der Waals surface area contributed by atoms with Crippen molar-refractivity contribution in [2.24, 2.45) is 5.92 Å². The molecule has 2 fully saturated rings.